The quantitative estimate of drug-likeness (QED) is 0.191. The highest BCUT2D eigenvalue weighted by Crippen LogP contribution is 2.34. The molecule has 3 atom stereocenters. The number of nitrogens with one attached hydrogen (secondary N) is 1. The van der Waals surface area contributed by atoms with Gasteiger partial charge in [-0.3, -0.25) is 4.79 Å². The fourth-order valence-electron chi connectivity index (χ4n) is 5.26. The molecule has 0 amide bonds. The molecule has 1 saturated heterocycles. The average Bonchev–Trinajstić information content (AvgIpc) is 3.32. The van der Waals surface area contributed by atoms with Gasteiger partial charge >= 0.3 is 5.97 Å². The van der Waals surface area contributed by atoms with Crippen LogP contribution in [0.5, 0.6) is 0 Å². The number of hydrogen-bond donors (Lipinski definition) is 1. The molecule has 1 aliphatic carbocycles. The van der Waals surface area contributed by atoms with Crippen LogP contribution in [0.1, 0.15) is 135 Å². The number of ether oxygens (including phenoxy) is 1. The first kappa shape index (κ1) is 24.7. The fourth-order valence-corrected chi connectivity index (χ4v) is 5.26. The van der Waals surface area contributed by atoms with Gasteiger partial charge in [-0.1, -0.05) is 110 Å². The van der Waals surface area contributed by atoms with E-state index in [2.05, 4.69) is 12.2 Å². The molecule has 2 aliphatic rings. The van der Waals surface area contributed by atoms with Gasteiger partial charge < -0.3 is 10.1 Å². The van der Waals surface area contributed by atoms with E-state index in [9.17, 15) is 4.79 Å². The second-order valence-electron chi connectivity index (χ2n) is 9.72. The lowest BCUT2D eigenvalue weighted by atomic mass is 10.0. The monoisotopic (exact) mass is 407 g/mol. The molecule has 1 saturated carbocycles. The van der Waals surface area contributed by atoms with Gasteiger partial charge in [-0.2, -0.15) is 0 Å². The van der Waals surface area contributed by atoms with E-state index in [1.807, 2.05) is 0 Å². The molecule has 29 heavy (non-hydrogen) atoms. The minimum atomic E-state index is -0.0219. The molecule has 1 N–H and O–H groups in total. The zero-order valence-corrected chi connectivity index (χ0v) is 19.4. The standard InChI is InChI=1S/C26H49NO2/c1-2-3-4-5-6-7-8-9-10-11-12-13-14-15-16-17-21-29-26(28)25-22-23-19-18-20-24(23)27-25/h23-25,27H,2-22H2,1H3. The number of unbranched alkanes of at least 4 members (excludes halogenated alkanes) is 15. The Labute approximate surface area is 181 Å². The molecular formula is C26H49NO2. The van der Waals surface area contributed by atoms with Crippen LogP contribution >= 0.6 is 0 Å². The highest BCUT2D eigenvalue weighted by molar-refractivity contribution is 5.76. The minimum absolute atomic E-state index is 0.000333. The maximum Gasteiger partial charge on any atom is 0.323 e. The van der Waals surface area contributed by atoms with E-state index in [1.54, 1.807) is 0 Å². The molecule has 3 nitrogen and oxygen atoms in total. The van der Waals surface area contributed by atoms with Gasteiger partial charge in [-0.25, -0.2) is 0 Å². The fraction of sp³-hybridized carbons (Fsp3) is 0.962. The molecule has 0 aromatic heterocycles. The van der Waals surface area contributed by atoms with Crippen molar-refractivity contribution in [3.63, 3.8) is 0 Å². The number of hydrogen-bond acceptors (Lipinski definition) is 3. The molecule has 170 valence electrons. The number of carbonyl (C=O) groups is 1. The van der Waals surface area contributed by atoms with E-state index in [-0.39, 0.29) is 12.0 Å². The van der Waals surface area contributed by atoms with Gasteiger partial charge in [0.25, 0.3) is 0 Å². The molecule has 2 fully saturated rings. The Bertz CT molecular complexity index is 400. The highest BCUT2D eigenvalue weighted by atomic mass is 16.5. The Hall–Kier alpha value is -0.570. The van der Waals surface area contributed by atoms with Crippen LogP contribution in [0, 0.1) is 5.92 Å². The Morgan fingerprint density at radius 1 is 0.759 bits per heavy atom. The summed E-state index contributed by atoms with van der Waals surface area (Å²) in [6.07, 6.45) is 26.8. The number of fused-ring (bicyclic) bond motifs is 1. The molecule has 2 rings (SSSR count). The Kier molecular flexibility index (Phi) is 13.8. The molecule has 0 spiro atoms. The van der Waals surface area contributed by atoms with Crippen molar-refractivity contribution >= 4 is 5.97 Å². The summed E-state index contributed by atoms with van der Waals surface area (Å²) in [4.78, 5) is 12.2. The largest absolute Gasteiger partial charge is 0.465 e. The predicted molar refractivity (Wildman–Crippen MR) is 123 cm³/mol. The van der Waals surface area contributed by atoms with Gasteiger partial charge in [0, 0.05) is 6.04 Å². The summed E-state index contributed by atoms with van der Waals surface area (Å²) in [5, 5.41) is 3.48. The first-order chi connectivity index (χ1) is 14.3. The number of esters is 1. The van der Waals surface area contributed by atoms with Gasteiger partial charge in [0.1, 0.15) is 6.04 Å². The van der Waals surface area contributed by atoms with Gasteiger partial charge in [-0.05, 0) is 31.6 Å². The van der Waals surface area contributed by atoms with E-state index < -0.39 is 0 Å². The Morgan fingerprint density at radius 2 is 1.28 bits per heavy atom. The minimum Gasteiger partial charge on any atom is -0.465 e. The lowest BCUT2D eigenvalue weighted by Crippen LogP contribution is -2.36. The van der Waals surface area contributed by atoms with Crippen molar-refractivity contribution in [1.82, 2.24) is 5.32 Å². The second-order valence-corrected chi connectivity index (χ2v) is 9.72. The smallest absolute Gasteiger partial charge is 0.323 e. The molecule has 3 unspecified atom stereocenters. The zero-order chi connectivity index (χ0) is 20.6. The van der Waals surface area contributed by atoms with E-state index in [0.29, 0.717) is 12.6 Å². The molecule has 0 bridgehead atoms. The van der Waals surface area contributed by atoms with Crippen LogP contribution in [0.25, 0.3) is 0 Å². The van der Waals surface area contributed by atoms with Crippen molar-refractivity contribution in [2.45, 2.75) is 147 Å². The second kappa shape index (κ2) is 16.2. The van der Waals surface area contributed by atoms with Gasteiger partial charge in [0.05, 0.1) is 6.61 Å². The van der Waals surface area contributed by atoms with Crippen LogP contribution in [-0.4, -0.2) is 24.7 Å². The molecule has 0 aromatic carbocycles. The van der Waals surface area contributed by atoms with E-state index in [1.165, 1.54) is 116 Å². The van der Waals surface area contributed by atoms with Gasteiger partial charge in [-0.15, -0.1) is 0 Å². The maximum atomic E-state index is 12.2. The summed E-state index contributed by atoms with van der Waals surface area (Å²) < 4.78 is 5.51. The molecule has 1 heterocycles. The summed E-state index contributed by atoms with van der Waals surface area (Å²) in [7, 11) is 0. The van der Waals surface area contributed by atoms with Gasteiger partial charge in [0.2, 0.25) is 0 Å². The summed E-state index contributed by atoms with van der Waals surface area (Å²) in [5.41, 5.74) is 0. The van der Waals surface area contributed by atoms with Crippen molar-refractivity contribution in [2.75, 3.05) is 6.61 Å². The van der Waals surface area contributed by atoms with Crippen molar-refractivity contribution < 1.29 is 9.53 Å². The van der Waals surface area contributed by atoms with Crippen LogP contribution in [-0.2, 0) is 9.53 Å². The van der Waals surface area contributed by atoms with Crippen LogP contribution in [0.15, 0.2) is 0 Å². The van der Waals surface area contributed by atoms with Gasteiger partial charge in [0.15, 0.2) is 0 Å². The number of carbonyl (C=O) groups excluding carboxylic acids is 1. The van der Waals surface area contributed by atoms with Crippen molar-refractivity contribution in [3.8, 4) is 0 Å². The van der Waals surface area contributed by atoms with Crippen LogP contribution < -0.4 is 5.32 Å². The molecule has 0 radical (unpaired) electrons. The van der Waals surface area contributed by atoms with E-state index >= 15 is 0 Å². The third-order valence-electron chi connectivity index (χ3n) is 7.14. The lowest BCUT2D eigenvalue weighted by molar-refractivity contribution is -0.146. The Morgan fingerprint density at radius 3 is 1.79 bits per heavy atom. The van der Waals surface area contributed by atoms with E-state index in [4.69, 9.17) is 4.74 Å². The summed E-state index contributed by atoms with van der Waals surface area (Å²) >= 11 is 0. The molecular weight excluding hydrogens is 358 g/mol. The SMILES string of the molecule is CCCCCCCCCCCCCCCCCCOC(=O)C1CC2CCCC2N1. The average molecular weight is 408 g/mol. The highest BCUT2D eigenvalue weighted by Gasteiger charge is 2.40. The summed E-state index contributed by atoms with van der Waals surface area (Å²) in [6.45, 7) is 2.90. The normalized spacial score (nSPS) is 23.4. The third kappa shape index (κ3) is 10.9. The zero-order valence-electron chi connectivity index (χ0n) is 19.4. The number of rotatable bonds is 18. The summed E-state index contributed by atoms with van der Waals surface area (Å²) in [5.74, 6) is 0.725. The third-order valence-corrected chi connectivity index (χ3v) is 7.14. The topological polar surface area (TPSA) is 38.3 Å². The van der Waals surface area contributed by atoms with Crippen LogP contribution in [0.3, 0.4) is 0 Å². The predicted octanol–water partition coefficient (Wildman–Crippen LogP) is 7.32. The van der Waals surface area contributed by atoms with E-state index in [0.717, 1.165) is 18.8 Å². The van der Waals surface area contributed by atoms with Crippen molar-refractivity contribution in [2.24, 2.45) is 5.92 Å². The van der Waals surface area contributed by atoms with Crippen LogP contribution in [0.2, 0.25) is 0 Å². The first-order valence-electron chi connectivity index (χ1n) is 13.2. The van der Waals surface area contributed by atoms with Crippen molar-refractivity contribution in [3.05, 3.63) is 0 Å². The van der Waals surface area contributed by atoms with Crippen molar-refractivity contribution in [1.29, 1.82) is 0 Å². The molecule has 3 heteroatoms. The lowest BCUT2D eigenvalue weighted by Gasteiger charge is -2.12. The molecule has 0 aromatic rings. The first-order valence-corrected chi connectivity index (χ1v) is 13.2. The molecule has 1 aliphatic heterocycles. The van der Waals surface area contributed by atoms with Crippen LogP contribution in [0.4, 0.5) is 0 Å². The Balaban J connectivity index is 1.26. The maximum absolute atomic E-state index is 12.2. The summed E-state index contributed by atoms with van der Waals surface area (Å²) in [6, 6.07) is 0.564.